The first kappa shape index (κ1) is 14.0. The second-order valence-electron chi connectivity index (χ2n) is 3.99. The maximum absolute atomic E-state index is 13.3. The molecule has 0 bridgehead atoms. The third-order valence-corrected chi connectivity index (χ3v) is 2.60. The topological polar surface area (TPSA) is 26.0 Å². The molecule has 17 heavy (non-hydrogen) atoms. The number of alkyl halides is 3. The van der Waals surface area contributed by atoms with Crippen LogP contribution in [0.2, 0.25) is 0 Å². The first-order valence-electron chi connectivity index (χ1n) is 5.48. The van der Waals surface area contributed by atoms with Gasteiger partial charge in [0.15, 0.2) is 0 Å². The van der Waals surface area contributed by atoms with Gasteiger partial charge in [-0.3, -0.25) is 0 Å². The zero-order chi connectivity index (χ0) is 13.1. The van der Waals surface area contributed by atoms with Gasteiger partial charge in [0.25, 0.3) is 0 Å². The summed E-state index contributed by atoms with van der Waals surface area (Å²) >= 11 is 0. The fourth-order valence-corrected chi connectivity index (χ4v) is 1.58. The van der Waals surface area contributed by atoms with Crippen LogP contribution in [0.4, 0.5) is 17.6 Å². The highest BCUT2D eigenvalue weighted by Gasteiger charge is 2.34. The second kappa shape index (κ2) is 5.49. The van der Waals surface area contributed by atoms with Crippen LogP contribution in [-0.4, -0.2) is 0 Å². The normalized spacial score (nSPS) is 13.8. The molecule has 0 aliphatic carbocycles. The molecular weight excluding hydrogens is 234 g/mol. The zero-order valence-electron chi connectivity index (χ0n) is 9.52. The Kier molecular flexibility index (Phi) is 4.51. The van der Waals surface area contributed by atoms with Gasteiger partial charge < -0.3 is 5.73 Å². The Balaban J connectivity index is 2.89. The van der Waals surface area contributed by atoms with Gasteiger partial charge in [-0.05, 0) is 24.1 Å². The maximum atomic E-state index is 13.3. The average Bonchev–Trinajstić information content (AvgIpc) is 2.23. The molecule has 0 heterocycles. The van der Waals surface area contributed by atoms with Crippen LogP contribution < -0.4 is 5.73 Å². The number of rotatable bonds is 4. The van der Waals surface area contributed by atoms with E-state index in [4.69, 9.17) is 5.73 Å². The van der Waals surface area contributed by atoms with Crippen LogP contribution in [0.5, 0.6) is 0 Å². The Morgan fingerprint density at radius 2 is 1.94 bits per heavy atom. The average molecular weight is 249 g/mol. The summed E-state index contributed by atoms with van der Waals surface area (Å²) in [6.45, 7) is 1.99. The first-order chi connectivity index (χ1) is 7.86. The zero-order valence-corrected chi connectivity index (χ0v) is 9.52. The summed E-state index contributed by atoms with van der Waals surface area (Å²) in [5, 5.41) is 0. The van der Waals surface area contributed by atoms with Crippen LogP contribution in [0, 0.1) is 5.82 Å². The molecule has 0 aliphatic heterocycles. The van der Waals surface area contributed by atoms with Crippen LogP contribution >= 0.6 is 0 Å². The highest BCUT2D eigenvalue weighted by molar-refractivity contribution is 5.28. The van der Waals surface area contributed by atoms with Crippen LogP contribution in [-0.2, 0) is 6.18 Å². The minimum absolute atomic E-state index is 0.406. The van der Waals surface area contributed by atoms with E-state index in [-0.39, 0.29) is 0 Å². The van der Waals surface area contributed by atoms with Crippen LogP contribution in [0.3, 0.4) is 0 Å². The van der Waals surface area contributed by atoms with Crippen molar-refractivity contribution in [3.63, 3.8) is 0 Å². The molecule has 0 saturated carbocycles. The SMILES string of the molecule is CCCC[C@@H](N)c1ccc(C(F)(F)F)c(F)c1. The Morgan fingerprint density at radius 1 is 1.29 bits per heavy atom. The third-order valence-electron chi connectivity index (χ3n) is 2.60. The molecule has 0 aromatic heterocycles. The summed E-state index contributed by atoms with van der Waals surface area (Å²) in [7, 11) is 0. The van der Waals surface area contributed by atoms with Gasteiger partial charge in [-0.1, -0.05) is 25.8 Å². The van der Waals surface area contributed by atoms with E-state index in [0.29, 0.717) is 12.0 Å². The molecule has 0 saturated heterocycles. The highest BCUT2D eigenvalue weighted by atomic mass is 19.4. The van der Waals surface area contributed by atoms with Gasteiger partial charge >= 0.3 is 6.18 Å². The Labute approximate surface area is 97.6 Å². The lowest BCUT2D eigenvalue weighted by molar-refractivity contribution is -0.140. The van der Waals surface area contributed by atoms with Gasteiger partial charge in [-0.25, -0.2) is 4.39 Å². The number of hydrogen-bond donors (Lipinski definition) is 1. The molecule has 1 aromatic carbocycles. The van der Waals surface area contributed by atoms with E-state index in [1.807, 2.05) is 6.92 Å². The Bertz CT molecular complexity index is 373. The van der Waals surface area contributed by atoms with E-state index in [1.54, 1.807) is 0 Å². The smallest absolute Gasteiger partial charge is 0.324 e. The van der Waals surface area contributed by atoms with Crippen molar-refractivity contribution in [1.29, 1.82) is 0 Å². The lowest BCUT2D eigenvalue weighted by Gasteiger charge is -2.14. The number of unbranched alkanes of at least 4 members (excludes halogenated alkanes) is 1. The molecule has 2 N–H and O–H groups in total. The lowest BCUT2D eigenvalue weighted by atomic mass is 10.0. The molecule has 0 fully saturated rings. The number of nitrogens with two attached hydrogens (primary N) is 1. The second-order valence-corrected chi connectivity index (χ2v) is 3.99. The van der Waals surface area contributed by atoms with Crippen LogP contribution in [0.1, 0.15) is 43.4 Å². The van der Waals surface area contributed by atoms with Crippen molar-refractivity contribution in [3.8, 4) is 0 Å². The molecule has 0 aliphatic rings. The fraction of sp³-hybridized carbons (Fsp3) is 0.500. The minimum atomic E-state index is -4.66. The summed E-state index contributed by atoms with van der Waals surface area (Å²) in [5.41, 5.74) is 4.92. The molecule has 1 rings (SSSR count). The van der Waals surface area contributed by atoms with Gasteiger partial charge in [0.05, 0.1) is 5.56 Å². The summed E-state index contributed by atoms with van der Waals surface area (Å²) in [6.07, 6.45) is -2.21. The molecule has 1 nitrogen and oxygen atoms in total. The lowest BCUT2D eigenvalue weighted by Crippen LogP contribution is -2.13. The summed E-state index contributed by atoms with van der Waals surface area (Å²) < 4.78 is 50.2. The molecule has 1 atom stereocenters. The predicted molar refractivity (Wildman–Crippen MR) is 57.9 cm³/mol. The highest BCUT2D eigenvalue weighted by Crippen LogP contribution is 2.32. The van der Waals surface area contributed by atoms with E-state index in [1.165, 1.54) is 6.07 Å². The van der Waals surface area contributed by atoms with E-state index in [0.717, 1.165) is 25.0 Å². The molecule has 5 heteroatoms. The molecule has 0 amide bonds. The van der Waals surface area contributed by atoms with E-state index >= 15 is 0 Å². The van der Waals surface area contributed by atoms with Gasteiger partial charge in [0, 0.05) is 6.04 Å². The molecule has 0 radical (unpaired) electrons. The first-order valence-corrected chi connectivity index (χ1v) is 5.48. The third kappa shape index (κ3) is 3.70. The van der Waals surface area contributed by atoms with E-state index in [2.05, 4.69) is 0 Å². The van der Waals surface area contributed by atoms with Crippen molar-refractivity contribution in [2.24, 2.45) is 5.73 Å². The molecule has 0 spiro atoms. The van der Waals surface area contributed by atoms with Crippen molar-refractivity contribution < 1.29 is 17.6 Å². The predicted octanol–water partition coefficient (Wildman–Crippen LogP) is 4.03. The molecule has 0 unspecified atom stereocenters. The number of halogens is 4. The molecule has 1 aromatic rings. The Hall–Kier alpha value is -1.10. The van der Waals surface area contributed by atoms with Crippen molar-refractivity contribution >= 4 is 0 Å². The number of benzene rings is 1. The standard InChI is InChI=1S/C12H15F4N/c1-2-3-4-11(17)8-5-6-9(10(13)7-8)12(14,15)16/h5-7,11H,2-4,17H2,1H3/t11-/m1/s1. The fourth-order valence-electron chi connectivity index (χ4n) is 1.58. The van der Waals surface area contributed by atoms with Gasteiger partial charge in [0.2, 0.25) is 0 Å². The van der Waals surface area contributed by atoms with E-state index in [9.17, 15) is 17.6 Å². The van der Waals surface area contributed by atoms with Gasteiger partial charge in [-0.15, -0.1) is 0 Å². The van der Waals surface area contributed by atoms with Crippen LogP contribution in [0.15, 0.2) is 18.2 Å². The maximum Gasteiger partial charge on any atom is 0.419 e. The van der Waals surface area contributed by atoms with Crippen LogP contribution in [0.25, 0.3) is 0 Å². The van der Waals surface area contributed by atoms with Crippen molar-refractivity contribution in [1.82, 2.24) is 0 Å². The summed E-state index contributed by atoms with van der Waals surface area (Å²) in [5.74, 6) is -1.26. The summed E-state index contributed by atoms with van der Waals surface area (Å²) in [6, 6.07) is 2.46. The number of hydrogen-bond acceptors (Lipinski definition) is 1. The van der Waals surface area contributed by atoms with Crippen molar-refractivity contribution in [3.05, 3.63) is 35.1 Å². The Morgan fingerprint density at radius 3 is 2.41 bits per heavy atom. The monoisotopic (exact) mass is 249 g/mol. The minimum Gasteiger partial charge on any atom is -0.324 e. The van der Waals surface area contributed by atoms with E-state index < -0.39 is 23.6 Å². The molecule has 96 valence electrons. The van der Waals surface area contributed by atoms with Crippen molar-refractivity contribution in [2.75, 3.05) is 0 Å². The van der Waals surface area contributed by atoms with Gasteiger partial charge in [0.1, 0.15) is 5.82 Å². The van der Waals surface area contributed by atoms with Crippen molar-refractivity contribution in [2.45, 2.75) is 38.4 Å². The summed E-state index contributed by atoms with van der Waals surface area (Å²) in [4.78, 5) is 0. The molecular formula is C12H15F4N. The van der Waals surface area contributed by atoms with Gasteiger partial charge in [-0.2, -0.15) is 13.2 Å². The largest absolute Gasteiger partial charge is 0.419 e. The quantitative estimate of drug-likeness (QED) is 0.801.